The van der Waals surface area contributed by atoms with Gasteiger partial charge in [0, 0.05) is 5.56 Å². The minimum atomic E-state index is -4.41. The Bertz CT molecular complexity index is 351. The Morgan fingerprint density at radius 2 is 1.80 bits per heavy atom. The summed E-state index contributed by atoms with van der Waals surface area (Å²) in [5, 5.41) is 26.6. The van der Waals surface area contributed by atoms with Gasteiger partial charge in [0.2, 0.25) is 0 Å². The number of rotatable bonds is 2. The second-order valence-corrected chi connectivity index (χ2v) is 3.05. The maximum absolute atomic E-state index is 12.0. The first kappa shape index (κ1) is 11.9. The van der Waals surface area contributed by atoms with Gasteiger partial charge in [-0.05, 0) is 11.5 Å². The molecule has 3 N–H and O–H groups in total. The molecular formula is C8H8BF3O3. The van der Waals surface area contributed by atoms with Crippen LogP contribution < -0.4 is 5.46 Å². The third-order valence-corrected chi connectivity index (χ3v) is 1.80. The Labute approximate surface area is 83.9 Å². The molecule has 1 aromatic carbocycles. The molecule has 0 aromatic heterocycles. The van der Waals surface area contributed by atoms with E-state index in [1.54, 1.807) is 0 Å². The lowest BCUT2D eigenvalue weighted by molar-refractivity contribution is -0.127. The van der Waals surface area contributed by atoms with Crippen molar-refractivity contribution < 1.29 is 28.3 Å². The summed E-state index contributed by atoms with van der Waals surface area (Å²) in [5.41, 5.74) is -0.356. The summed E-state index contributed by atoms with van der Waals surface area (Å²) >= 11 is 0. The highest BCUT2D eigenvalue weighted by Crippen LogP contribution is 2.25. The quantitative estimate of drug-likeness (QED) is 0.623. The molecule has 0 spiro atoms. The molecule has 0 heterocycles. The van der Waals surface area contributed by atoms with Gasteiger partial charge in [-0.3, -0.25) is 0 Å². The van der Waals surface area contributed by atoms with Crippen molar-refractivity contribution in [2.75, 3.05) is 0 Å². The fourth-order valence-corrected chi connectivity index (χ4v) is 1.11. The van der Waals surface area contributed by atoms with Gasteiger partial charge in [-0.2, -0.15) is 13.2 Å². The molecule has 0 saturated heterocycles. The lowest BCUT2D eigenvalue weighted by Gasteiger charge is -2.09. The average molecular weight is 220 g/mol. The average Bonchev–Trinajstić information content (AvgIpc) is 2.05. The standard InChI is InChI=1S/C8H8BF3O3/c10-8(11,12)4-5-1-2-6(9(14)15)3-7(5)13/h1-3,13-15H,4H2. The molecule has 0 fully saturated rings. The second-order valence-electron chi connectivity index (χ2n) is 3.05. The van der Waals surface area contributed by atoms with E-state index >= 15 is 0 Å². The summed E-state index contributed by atoms with van der Waals surface area (Å²) in [6.07, 6.45) is -5.66. The van der Waals surface area contributed by atoms with Gasteiger partial charge in [0.05, 0.1) is 6.42 Å². The van der Waals surface area contributed by atoms with Crippen molar-refractivity contribution in [1.82, 2.24) is 0 Å². The number of benzene rings is 1. The van der Waals surface area contributed by atoms with E-state index in [1.807, 2.05) is 0 Å². The minimum Gasteiger partial charge on any atom is -0.508 e. The summed E-state index contributed by atoms with van der Waals surface area (Å²) in [5.74, 6) is -0.599. The fourth-order valence-electron chi connectivity index (χ4n) is 1.11. The maximum Gasteiger partial charge on any atom is 0.488 e. The Kier molecular flexibility index (Phi) is 3.26. The van der Waals surface area contributed by atoms with Crippen LogP contribution in [0.2, 0.25) is 0 Å². The first-order valence-corrected chi connectivity index (χ1v) is 4.04. The van der Waals surface area contributed by atoms with E-state index in [1.165, 1.54) is 0 Å². The number of hydrogen-bond donors (Lipinski definition) is 3. The molecule has 0 aliphatic heterocycles. The number of aromatic hydroxyl groups is 1. The largest absolute Gasteiger partial charge is 0.508 e. The Morgan fingerprint density at radius 3 is 2.20 bits per heavy atom. The van der Waals surface area contributed by atoms with E-state index < -0.39 is 25.5 Å². The van der Waals surface area contributed by atoms with E-state index in [2.05, 4.69) is 0 Å². The molecule has 0 radical (unpaired) electrons. The molecule has 1 aromatic rings. The number of hydrogen-bond acceptors (Lipinski definition) is 3. The highest BCUT2D eigenvalue weighted by molar-refractivity contribution is 6.58. The Balaban J connectivity index is 2.94. The first-order valence-electron chi connectivity index (χ1n) is 4.04. The molecule has 0 aliphatic rings. The topological polar surface area (TPSA) is 60.7 Å². The molecule has 0 unspecified atom stereocenters. The van der Waals surface area contributed by atoms with Gasteiger partial charge >= 0.3 is 13.3 Å². The normalized spacial score (nSPS) is 11.5. The molecule has 0 aliphatic carbocycles. The number of halogens is 3. The fraction of sp³-hybridized carbons (Fsp3) is 0.250. The van der Waals surface area contributed by atoms with Gasteiger partial charge in [0.25, 0.3) is 0 Å². The summed E-state index contributed by atoms with van der Waals surface area (Å²) < 4.78 is 35.9. The van der Waals surface area contributed by atoms with Crippen LogP contribution in [0.3, 0.4) is 0 Å². The van der Waals surface area contributed by atoms with E-state index in [0.29, 0.717) is 0 Å². The molecular weight excluding hydrogens is 212 g/mol. The molecule has 0 saturated carbocycles. The zero-order valence-electron chi connectivity index (χ0n) is 7.49. The Morgan fingerprint density at radius 1 is 1.20 bits per heavy atom. The van der Waals surface area contributed by atoms with Crippen LogP contribution in [0, 0.1) is 0 Å². The summed E-state index contributed by atoms with van der Waals surface area (Å²) in [4.78, 5) is 0. The molecule has 15 heavy (non-hydrogen) atoms. The van der Waals surface area contributed by atoms with Crippen molar-refractivity contribution in [2.45, 2.75) is 12.6 Å². The van der Waals surface area contributed by atoms with E-state index in [4.69, 9.17) is 10.0 Å². The smallest absolute Gasteiger partial charge is 0.488 e. The van der Waals surface area contributed by atoms with Crippen LogP contribution in [0.1, 0.15) is 5.56 Å². The van der Waals surface area contributed by atoms with Crippen molar-refractivity contribution in [3.63, 3.8) is 0 Å². The minimum absolute atomic E-state index is 0.0570. The van der Waals surface area contributed by atoms with Gasteiger partial charge < -0.3 is 15.2 Å². The van der Waals surface area contributed by atoms with Gasteiger partial charge in [0.1, 0.15) is 5.75 Å². The zero-order valence-corrected chi connectivity index (χ0v) is 7.49. The van der Waals surface area contributed by atoms with Gasteiger partial charge in [-0.15, -0.1) is 0 Å². The molecule has 0 bridgehead atoms. The van der Waals surface area contributed by atoms with Crippen molar-refractivity contribution in [2.24, 2.45) is 0 Å². The van der Waals surface area contributed by atoms with E-state index in [0.717, 1.165) is 18.2 Å². The van der Waals surface area contributed by atoms with Crippen molar-refractivity contribution >= 4 is 12.6 Å². The molecule has 3 nitrogen and oxygen atoms in total. The molecule has 1 rings (SSSR count). The SMILES string of the molecule is OB(O)c1ccc(CC(F)(F)F)c(O)c1. The number of alkyl halides is 3. The predicted octanol–water partition coefficient (Wildman–Crippen LogP) is 0.177. The van der Waals surface area contributed by atoms with E-state index in [9.17, 15) is 18.3 Å². The first-order chi connectivity index (χ1) is 6.79. The third-order valence-electron chi connectivity index (χ3n) is 1.80. The highest BCUT2D eigenvalue weighted by Gasteiger charge is 2.29. The molecule has 82 valence electrons. The predicted molar refractivity (Wildman–Crippen MR) is 47.7 cm³/mol. The highest BCUT2D eigenvalue weighted by atomic mass is 19.4. The molecule has 0 atom stereocenters. The van der Waals surface area contributed by atoms with Gasteiger partial charge in [-0.25, -0.2) is 0 Å². The maximum atomic E-state index is 12.0. The van der Waals surface area contributed by atoms with Crippen molar-refractivity contribution in [1.29, 1.82) is 0 Å². The zero-order chi connectivity index (χ0) is 11.6. The van der Waals surface area contributed by atoms with Crippen molar-refractivity contribution in [3.8, 4) is 5.75 Å². The van der Waals surface area contributed by atoms with Crippen LogP contribution in [-0.2, 0) is 6.42 Å². The van der Waals surface area contributed by atoms with Crippen LogP contribution in [0.5, 0.6) is 5.75 Å². The van der Waals surface area contributed by atoms with Crippen molar-refractivity contribution in [3.05, 3.63) is 23.8 Å². The second kappa shape index (κ2) is 4.12. The van der Waals surface area contributed by atoms with Crippen LogP contribution in [0.25, 0.3) is 0 Å². The Hall–Kier alpha value is -1.21. The third kappa shape index (κ3) is 3.45. The monoisotopic (exact) mass is 220 g/mol. The van der Waals surface area contributed by atoms with Crippen LogP contribution >= 0.6 is 0 Å². The lowest BCUT2D eigenvalue weighted by atomic mass is 9.79. The van der Waals surface area contributed by atoms with Crippen LogP contribution in [0.4, 0.5) is 13.2 Å². The lowest BCUT2D eigenvalue weighted by Crippen LogP contribution is -2.29. The molecule has 0 amide bonds. The molecule has 7 heteroatoms. The van der Waals surface area contributed by atoms with Gasteiger partial charge in [-0.1, -0.05) is 12.1 Å². The van der Waals surface area contributed by atoms with Gasteiger partial charge in [0.15, 0.2) is 0 Å². The summed E-state index contributed by atoms with van der Waals surface area (Å²) in [6, 6.07) is 3.02. The summed E-state index contributed by atoms with van der Waals surface area (Å²) in [7, 11) is -1.81. The van der Waals surface area contributed by atoms with E-state index in [-0.39, 0.29) is 11.0 Å². The number of phenols is 1. The number of phenolic OH excluding ortho intramolecular Hbond substituents is 1. The summed E-state index contributed by atoms with van der Waals surface area (Å²) in [6.45, 7) is 0. The van der Waals surface area contributed by atoms with Crippen LogP contribution in [0.15, 0.2) is 18.2 Å². The van der Waals surface area contributed by atoms with Crippen LogP contribution in [-0.4, -0.2) is 28.4 Å².